The lowest BCUT2D eigenvalue weighted by Crippen LogP contribution is -2.51. The first-order valence-corrected chi connectivity index (χ1v) is 8.92. The summed E-state index contributed by atoms with van der Waals surface area (Å²) in [5.74, 6) is -0.517. The number of nitrogens with zero attached hydrogens (tertiary/aromatic N) is 1. The summed E-state index contributed by atoms with van der Waals surface area (Å²) in [6.07, 6.45) is 9.17. The zero-order valence-corrected chi connectivity index (χ0v) is 14.8. The molecule has 0 amide bonds. The zero-order valence-electron chi connectivity index (χ0n) is 14.8. The monoisotopic (exact) mass is 313 g/mol. The van der Waals surface area contributed by atoms with Crippen LogP contribution >= 0.6 is 0 Å². The number of hydrogen-bond donors (Lipinski definition) is 1. The second kappa shape index (κ2) is 12.5. The van der Waals surface area contributed by atoms with Crippen LogP contribution in [0.4, 0.5) is 0 Å². The molecule has 0 atom stereocenters. The van der Waals surface area contributed by atoms with Crippen molar-refractivity contribution in [3.63, 3.8) is 0 Å². The van der Waals surface area contributed by atoms with Gasteiger partial charge in [-0.15, -0.1) is 0 Å². The summed E-state index contributed by atoms with van der Waals surface area (Å²) in [6, 6.07) is 0. The van der Waals surface area contributed by atoms with Gasteiger partial charge in [0.05, 0.1) is 19.6 Å². The van der Waals surface area contributed by atoms with Crippen molar-refractivity contribution in [3.8, 4) is 0 Å². The summed E-state index contributed by atoms with van der Waals surface area (Å²) in [6.45, 7) is 9.84. The lowest BCUT2D eigenvalue weighted by atomic mass is 10.1. The van der Waals surface area contributed by atoms with Crippen LogP contribution in [0.2, 0.25) is 0 Å². The van der Waals surface area contributed by atoms with E-state index in [0.29, 0.717) is 18.7 Å². The Morgan fingerprint density at radius 1 is 1.00 bits per heavy atom. The molecular formula is C18H35NO3. The van der Waals surface area contributed by atoms with Crippen LogP contribution in [0.3, 0.4) is 0 Å². The third kappa shape index (κ3) is 9.82. The summed E-state index contributed by atoms with van der Waals surface area (Å²) in [5, 5.41) is 20.9. The minimum Gasteiger partial charge on any atom is -0.550 e. The fourth-order valence-electron chi connectivity index (χ4n) is 3.15. The number of rotatable bonds is 14. The maximum absolute atomic E-state index is 10.6. The highest BCUT2D eigenvalue weighted by Crippen LogP contribution is 2.16. The van der Waals surface area contributed by atoms with Crippen molar-refractivity contribution in [1.29, 1.82) is 0 Å². The Kier molecular flexibility index (Phi) is 11.9. The molecule has 0 aromatic carbocycles. The third-order valence-corrected chi connectivity index (χ3v) is 4.09. The number of quaternary nitrogens is 1. The molecule has 0 heterocycles. The summed E-state index contributed by atoms with van der Waals surface area (Å²) in [4.78, 5) is 10.6. The summed E-state index contributed by atoms with van der Waals surface area (Å²) < 4.78 is 0.788. The van der Waals surface area contributed by atoms with Crippen LogP contribution in [-0.2, 0) is 4.79 Å². The predicted octanol–water partition coefficient (Wildman–Crippen LogP) is 3.18. The van der Waals surface area contributed by atoms with Crippen LogP contribution in [0.1, 0.15) is 72.1 Å². The topological polar surface area (TPSA) is 60.4 Å². The minimum atomic E-state index is -0.981. The summed E-state index contributed by atoms with van der Waals surface area (Å²) in [7, 11) is 0. The number of hydrogen-bond acceptors (Lipinski definition) is 3. The average Bonchev–Trinajstić information content (AvgIpc) is 2.44. The molecule has 0 fully saturated rings. The van der Waals surface area contributed by atoms with Gasteiger partial charge >= 0.3 is 0 Å². The molecule has 0 saturated carbocycles. The van der Waals surface area contributed by atoms with E-state index in [4.69, 9.17) is 0 Å². The molecule has 0 rings (SSSR count). The van der Waals surface area contributed by atoms with Crippen molar-refractivity contribution >= 4 is 5.97 Å². The zero-order chi connectivity index (χ0) is 16.8. The molecule has 0 aromatic heterocycles. The van der Waals surface area contributed by atoms with Gasteiger partial charge in [-0.3, -0.25) is 0 Å². The normalized spacial score (nSPS) is 12.6. The maximum atomic E-state index is 10.6. The van der Waals surface area contributed by atoms with Crippen molar-refractivity contribution in [1.82, 2.24) is 0 Å². The summed E-state index contributed by atoms with van der Waals surface area (Å²) in [5.41, 5.74) is 0. The predicted molar refractivity (Wildman–Crippen MR) is 89.4 cm³/mol. The number of carboxylic acids is 1. The van der Waals surface area contributed by atoms with E-state index in [1.165, 1.54) is 12.8 Å². The van der Waals surface area contributed by atoms with Gasteiger partial charge in [0.15, 0.2) is 0 Å². The quantitative estimate of drug-likeness (QED) is 0.304. The maximum Gasteiger partial charge on any atom is 0.143 e. The van der Waals surface area contributed by atoms with Gasteiger partial charge < -0.3 is 19.5 Å². The molecule has 0 aromatic rings. The Hall–Kier alpha value is -1.03. The van der Waals surface area contributed by atoms with Gasteiger partial charge in [-0.2, -0.15) is 0 Å². The highest BCUT2D eigenvalue weighted by atomic mass is 16.4. The number of carboxylic acid groups (broad SMARTS) is 1. The van der Waals surface area contributed by atoms with Crippen molar-refractivity contribution in [2.45, 2.75) is 72.1 Å². The van der Waals surface area contributed by atoms with E-state index in [1.807, 2.05) is 6.08 Å². The van der Waals surface area contributed by atoms with Gasteiger partial charge in [0, 0.05) is 12.4 Å². The van der Waals surface area contributed by atoms with Crippen LogP contribution in [-0.4, -0.2) is 41.7 Å². The molecule has 22 heavy (non-hydrogen) atoms. The highest BCUT2D eigenvalue weighted by Gasteiger charge is 2.26. The van der Waals surface area contributed by atoms with E-state index in [1.54, 1.807) is 0 Å². The van der Waals surface area contributed by atoms with Gasteiger partial charge in [-0.25, -0.2) is 0 Å². The Labute approximate surface area is 136 Å². The van der Waals surface area contributed by atoms with Crippen LogP contribution < -0.4 is 5.11 Å². The molecule has 0 bridgehead atoms. The standard InChI is InChI=1S/C18H35NO3/c1-4-7-8-9-11-17(20)16-19(13-5-2,14-6-3)15-10-12-18(21)22/h11H,4-10,12-16H2,1-3H3,(H-,20,21,22)/b17-11-. The number of allylic oxidation sites excluding steroid dienone is 1. The number of aliphatic hydroxyl groups excluding tert-OH is 1. The second-order valence-corrected chi connectivity index (χ2v) is 6.34. The Morgan fingerprint density at radius 2 is 1.64 bits per heavy atom. The van der Waals surface area contributed by atoms with E-state index in [0.717, 1.165) is 49.8 Å². The van der Waals surface area contributed by atoms with E-state index in [2.05, 4.69) is 20.8 Å². The van der Waals surface area contributed by atoms with Gasteiger partial charge in [0.1, 0.15) is 12.3 Å². The largest absolute Gasteiger partial charge is 0.550 e. The lowest BCUT2D eigenvalue weighted by molar-refractivity contribution is -0.925. The number of carbonyl (C=O) groups is 1. The van der Waals surface area contributed by atoms with Gasteiger partial charge in [0.25, 0.3) is 0 Å². The third-order valence-electron chi connectivity index (χ3n) is 4.09. The first kappa shape index (κ1) is 21.0. The SMILES string of the molecule is CCCCC/C=C(\O)C[N+](CCC)(CCC)CCCC(=O)[O-]. The number of carbonyl (C=O) groups excluding carboxylic acids is 1. The van der Waals surface area contributed by atoms with E-state index >= 15 is 0 Å². The lowest BCUT2D eigenvalue weighted by Gasteiger charge is -2.38. The molecule has 4 nitrogen and oxygen atoms in total. The molecule has 0 aliphatic heterocycles. The minimum absolute atomic E-state index is 0.106. The smallest absolute Gasteiger partial charge is 0.143 e. The number of aliphatic hydroxyl groups is 1. The average molecular weight is 313 g/mol. The molecule has 0 radical (unpaired) electrons. The van der Waals surface area contributed by atoms with Crippen molar-refractivity contribution in [3.05, 3.63) is 11.8 Å². The number of aliphatic carboxylic acids is 1. The fraction of sp³-hybridized carbons (Fsp3) is 0.833. The van der Waals surface area contributed by atoms with Crippen molar-refractivity contribution < 1.29 is 19.5 Å². The first-order chi connectivity index (χ1) is 10.5. The Bertz CT molecular complexity index is 320. The molecule has 0 spiro atoms. The van der Waals surface area contributed by atoms with E-state index in [9.17, 15) is 15.0 Å². The van der Waals surface area contributed by atoms with Crippen molar-refractivity contribution in [2.24, 2.45) is 0 Å². The van der Waals surface area contributed by atoms with E-state index in [-0.39, 0.29) is 6.42 Å². The van der Waals surface area contributed by atoms with Gasteiger partial charge in [-0.1, -0.05) is 33.6 Å². The van der Waals surface area contributed by atoms with Gasteiger partial charge in [-0.05, 0) is 38.2 Å². The van der Waals surface area contributed by atoms with Crippen LogP contribution in [0.25, 0.3) is 0 Å². The highest BCUT2D eigenvalue weighted by molar-refractivity contribution is 5.64. The summed E-state index contributed by atoms with van der Waals surface area (Å²) >= 11 is 0. The molecular weight excluding hydrogens is 278 g/mol. The van der Waals surface area contributed by atoms with Crippen molar-refractivity contribution in [2.75, 3.05) is 26.2 Å². The molecule has 130 valence electrons. The second-order valence-electron chi connectivity index (χ2n) is 6.34. The Morgan fingerprint density at radius 3 is 2.14 bits per heavy atom. The molecule has 0 aliphatic rings. The van der Waals surface area contributed by atoms with Gasteiger partial charge in [0.2, 0.25) is 0 Å². The fourth-order valence-corrected chi connectivity index (χ4v) is 3.15. The Balaban J connectivity index is 4.69. The first-order valence-electron chi connectivity index (χ1n) is 8.92. The van der Waals surface area contributed by atoms with Crippen LogP contribution in [0.15, 0.2) is 11.8 Å². The van der Waals surface area contributed by atoms with E-state index < -0.39 is 5.97 Å². The molecule has 0 aliphatic carbocycles. The molecule has 1 N–H and O–H groups in total. The van der Waals surface area contributed by atoms with Crippen LogP contribution in [0, 0.1) is 0 Å². The molecule has 4 heteroatoms. The molecule has 0 saturated heterocycles. The van der Waals surface area contributed by atoms with Crippen LogP contribution in [0.5, 0.6) is 0 Å². The molecule has 0 unspecified atom stereocenters. The number of unbranched alkanes of at least 4 members (excludes halogenated alkanes) is 3.